The molecule has 0 bridgehead atoms. The highest BCUT2D eigenvalue weighted by atomic mass is 16.5. The number of carbonyl (C=O) groups is 1. The van der Waals surface area contributed by atoms with Crippen molar-refractivity contribution in [2.75, 3.05) is 18.4 Å². The number of amides is 1. The predicted octanol–water partition coefficient (Wildman–Crippen LogP) is 4.12. The number of hydrogen-bond acceptors (Lipinski definition) is 3. The number of hydrogen-bond donors (Lipinski definition) is 2. The van der Waals surface area contributed by atoms with Crippen LogP contribution in [0.4, 0.5) is 5.69 Å². The molecule has 0 saturated heterocycles. The molecule has 0 spiro atoms. The number of ether oxygens (including phenoxy) is 1. The molecule has 0 heterocycles. The number of benzene rings is 1. The molecule has 0 unspecified atom stereocenters. The van der Waals surface area contributed by atoms with Crippen LogP contribution in [0.15, 0.2) is 24.3 Å². The van der Waals surface area contributed by atoms with Crippen LogP contribution in [0.1, 0.15) is 57.8 Å². The van der Waals surface area contributed by atoms with Crippen molar-refractivity contribution in [2.45, 2.75) is 63.9 Å². The van der Waals surface area contributed by atoms with Crippen LogP contribution >= 0.6 is 0 Å². The lowest BCUT2D eigenvalue weighted by molar-refractivity contribution is -0.119. The van der Waals surface area contributed by atoms with Crippen LogP contribution in [-0.2, 0) is 4.79 Å². The summed E-state index contributed by atoms with van der Waals surface area (Å²) in [5.41, 5.74) is 0.914. The van der Waals surface area contributed by atoms with Crippen LogP contribution in [0.5, 0.6) is 5.75 Å². The van der Waals surface area contributed by atoms with Crippen molar-refractivity contribution in [2.24, 2.45) is 5.92 Å². The van der Waals surface area contributed by atoms with Gasteiger partial charge in [0.05, 0.1) is 18.3 Å². The van der Waals surface area contributed by atoms with Gasteiger partial charge in [-0.1, -0.05) is 31.4 Å². The molecule has 2 N–H and O–H groups in total. The Morgan fingerprint density at radius 2 is 1.71 bits per heavy atom. The van der Waals surface area contributed by atoms with Crippen molar-refractivity contribution in [3.05, 3.63) is 24.3 Å². The lowest BCUT2D eigenvalue weighted by Crippen LogP contribution is -2.34. The Kier molecular flexibility index (Phi) is 6.39. The zero-order chi connectivity index (χ0) is 16.6. The van der Waals surface area contributed by atoms with Gasteiger partial charge in [-0.05, 0) is 56.6 Å². The molecule has 2 saturated carbocycles. The summed E-state index contributed by atoms with van der Waals surface area (Å²) in [6, 6.07) is 7.93. The number of anilines is 1. The van der Waals surface area contributed by atoms with Gasteiger partial charge in [0.15, 0.2) is 0 Å². The van der Waals surface area contributed by atoms with E-state index in [0.29, 0.717) is 18.6 Å². The molecule has 0 radical (unpaired) electrons. The van der Waals surface area contributed by atoms with Gasteiger partial charge in [-0.15, -0.1) is 0 Å². The van der Waals surface area contributed by atoms with Gasteiger partial charge >= 0.3 is 0 Å². The fourth-order valence-electron chi connectivity index (χ4n) is 3.79. The Bertz CT molecular complexity index is 520. The zero-order valence-electron chi connectivity index (χ0n) is 14.6. The highest BCUT2D eigenvalue weighted by Crippen LogP contribution is 2.29. The van der Waals surface area contributed by atoms with Gasteiger partial charge in [0, 0.05) is 6.54 Å². The Labute approximate surface area is 145 Å². The smallest absolute Gasteiger partial charge is 0.239 e. The maximum absolute atomic E-state index is 12.1. The summed E-state index contributed by atoms with van der Waals surface area (Å²) in [6.07, 6.45) is 11.6. The summed E-state index contributed by atoms with van der Waals surface area (Å²) in [5.74, 6) is 1.60. The van der Waals surface area contributed by atoms with Crippen molar-refractivity contribution >= 4 is 11.6 Å². The Morgan fingerprint density at radius 3 is 2.50 bits per heavy atom. The van der Waals surface area contributed by atoms with Gasteiger partial charge < -0.3 is 15.4 Å². The van der Waals surface area contributed by atoms with Crippen LogP contribution < -0.4 is 15.4 Å². The van der Waals surface area contributed by atoms with E-state index in [1.807, 2.05) is 24.3 Å². The van der Waals surface area contributed by atoms with Crippen LogP contribution in [0.2, 0.25) is 0 Å². The first-order valence-electron chi connectivity index (χ1n) is 9.57. The average molecular weight is 330 g/mol. The molecular weight excluding hydrogens is 300 g/mol. The van der Waals surface area contributed by atoms with Crippen molar-refractivity contribution in [1.29, 1.82) is 0 Å². The molecule has 1 aromatic rings. The largest absolute Gasteiger partial charge is 0.488 e. The van der Waals surface area contributed by atoms with Crippen LogP contribution in [0.25, 0.3) is 0 Å². The fourth-order valence-corrected chi connectivity index (χ4v) is 3.79. The molecule has 4 heteroatoms. The van der Waals surface area contributed by atoms with Gasteiger partial charge in [-0.2, -0.15) is 0 Å². The van der Waals surface area contributed by atoms with E-state index in [9.17, 15) is 4.79 Å². The third-order valence-corrected chi connectivity index (χ3v) is 5.23. The molecule has 2 aliphatic rings. The summed E-state index contributed by atoms with van der Waals surface area (Å²) in [5, 5.41) is 6.31. The molecule has 0 aliphatic heterocycles. The Balaban J connectivity index is 1.44. The van der Waals surface area contributed by atoms with E-state index >= 15 is 0 Å². The second-order valence-corrected chi connectivity index (χ2v) is 7.18. The average Bonchev–Trinajstić information content (AvgIpc) is 3.13. The molecule has 0 aromatic heterocycles. The zero-order valence-corrected chi connectivity index (χ0v) is 14.6. The fraction of sp³-hybridized carbons (Fsp3) is 0.650. The molecule has 0 atom stereocenters. The standard InChI is InChI=1S/C20H30N2O2/c23-20(22-14-16-8-2-1-3-9-16)15-21-18-12-6-7-13-19(18)24-17-10-4-5-11-17/h6-7,12-13,16-17,21H,1-5,8-11,14-15H2,(H,22,23). The van der Waals surface area contributed by atoms with Crippen molar-refractivity contribution in [3.8, 4) is 5.75 Å². The van der Waals surface area contributed by atoms with Gasteiger partial charge in [-0.3, -0.25) is 4.79 Å². The molecule has 24 heavy (non-hydrogen) atoms. The van der Waals surface area contributed by atoms with E-state index in [2.05, 4.69) is 10.6 Å². The predicted molar refractivity (Wildman–Crippen MR) is 97.4 cm³/mol. The van der Waals surface area contributed by atoms with E-state index < -0.39 is 0 Å². The lowest BCUT2D eigenvalue weighted by Gasteiger charge is -2.22. The highest BCUT2D eigenvalue weighted by Gasteiger charge is 2.18. The Hall–Kier alpha value is -1.71. The second-order valence-electron chi connectivity index (χ2n) is 7.18. The number of rotatable bonds is 7. The molecule has 1 aromatic carbocycles. The summed E-state index contributed by atoms with van der Waals surface area (Å²) >= 11 is 0. The number of carbonyl (C=O) groups excluding carboxylic acids is 1. The third-order valence-electron chi connectivity index (χ3n) is 5.23. The molecule has 2 aliphatic carbocycles. The van der Waals surface area contributed by atoms with E-state index in [1.54, 1.807) is 0 Å². The maximum atomic E-state index is 12.1. The summed E-state index contributed by atoms with van der Waals surface area (Å²) in [4.78, 5) is 12.1. The molecule has 2 fully saturated rings. The van der Waals surface area contributed by atoms with Crippen molar-refractivity contribution in [1.82, 2.24) is 5.32 Å². The molecule has 4 nitrogen and oxygen atoms in total. The number of para-hydroxylation sites is 2. The monoisotopic (exact) mass is 330 g/mol. The van der Waals surface area contributed by atoms with Crippen LogP contribution in [0.3, 0.4) is 0 Å². The van der Waals surface area contributed by atoms with Gasteiger partial charge in [0.1, 0.15) is 5.75 Å². The first kappa shape index (κ1) is 17.1. The van der Waals surface area contributed by atoms with Crippen molar-refractivity contribution in [3.63, 3.8) is 0 Å². The minimum Gasteiger partial charge on any atom is -0.488 e. The summed E-state index contributed by atoms with van der Waals surface area (Å²) < 4.78 is 6.10. The van der Waals surface area contributed by atoms with Gasteiger partial charge in [0.25, 0.3) is 0 Å². The molecule has 132 valence electrons. The van der Waals surface area contributed by atoms with E-state index in [4.69, 9.17) is 4.74 Å². The van der Waals surface area contributed by atoms with Crippen LogP contribution in [-0.4, -0.2) is 25.1 Å². The van der Waals surface area contributed by atoms with Crippen molar-refractivity contribution < 1.29 is 9.53 Å². The minimum atomic E-state index is 0.0660. The second kappa shape index (κ2) is 8.95. The molecule has 3 rings (SSSR count). The molecule has 1 amide bonds. The van der Waals surface area contributed by atoms with Gasteiger partial charge in [0.2, 0.25) is 5.91 Å². The van der Waals surface area contributed by atoms with Gasteiger partial charge in [-0.25, -0.2) is 0 Å². The van der Waals surface area contributed by atoms with Crippen LogP contribution in [0, 0.1) is 5.92 Å². The lowest BCUT2D eigenvalue weighted by atomic mass is 9.89. The summed E-state index contributed by atoms with van der Waals surface area (Å²) in [6.45, 7) is 1.12. The quantitative estimate of drug-likeness (QED) is 0.791. The maximum Gasteiger partial charge on any atom is 0.239 e. The normalized spacial score (nSPS) is 19.2. The minimum absolute atomic E-state index is 0.0660. The highest BCUT2D eigenvalue weighted by molar-refractivity contribution is 5.81. The number of nitrogens with one attached hydrogen (secondary N) is 2. The third kappa shape index (κ3) is 5.15. The van der Waals surface area contributed by atoms with E-state index in [0.717, 1.165) is 30.8 Å². The first-order valence-corrected chi connectivity index (χ1v) is 9.57. The molecular formula is C20H30N2O2. The van der Waals surface area contributed by atoms with E-state index in [1.165, 1.54) is 44.9 Å². The summed E-state index contributed by atoms with van der Waals surface area (Å²) in [7, 11) is 0. The Morgan fingerprint density at radius 1 is 1.00 bits per heavy atom. The van der Waals surface area contributed by atoms with E-state index in [-0.39, 0.29) is 5.91 Å². The first-order chi connectivity index (χ1) is 11.8. The topological polar surface area (TPSA) is 50.4 Å². The SMILES string of the molecule is O=C(CNc1ccccc1OC1CCCC1)NCC1CCCCC1.